The summed E-state index contributed by atoms with van der Waals surface area (Å²) in [5, 5.41) is 0. The first-order valence-corrected chi connectivity index (χ1v) is 10.9. The van der Waals surface area contributed by atoms with Crippen LogP contribution in [0.15, 0.2) is 0 Å². The number of rotatable bonds is 20. The quantitative estimate of drug-likeness (QED) is 0.217. The van der Waals surface area contributed by atoms with Gasteiger partial charge in [0.2, 0.25) is 0 Å². The van der Waals surface area contributed by atoms with E-state index in [2.05, 4.69) is 27.7 Å². The molecule has 0 aliphatic carbocycles. The molecule has 0 unspecified atom stereocenters. The van der Waals surface area contributed by atoms with Crippen LogP contribution in [0.1, 0.15) is 79.1 Å². The van der Waals surface area contributed by atoms with E-state index >= 15 is 0 Å². The Labute approximate surface area is 167 Å². The van der Waals surface area contributed by atoms with Crippen LogP contribution in [0.4, 0.5) is 0 Å². The van der Waals surface area contributed by atoms with Crippen molar-refractivity contribution in [2.24, 2.45) is 11.8 Å². The van der Waals surface area contributed by atoms with E-state index in [0.717, 1.165) is 31.8 Å². The summed E-state index contributed by atoms with van der Waals surface area (Å²) < 4.78 is 21.6. The minimum Gasteiger partial charge on any atom is -0.466 e. The minimum atomic E-state index is -0.115. The van der Waals surface area contributed by atoms with Crippen LogP contribution in [0.25, 0.3) is 0 Å². The average molecular weight is 389 g/mol. The van der Waals surface area contributed by atoms with Crippen molar-refractivity contribution in [1.82, 2.24) is 0 Å². The van der Waals surface area contributed by atoms with Crippen LogP contribution in [0, 0.1) is 11.8 Å². The molecule has 0 aromatic rings. The highest BCUT2D eigenvalue weighted by Crippen LogP contribution is 2.09. The molecule has 0 atom stereocenters. The molecule has 0 aromatic heterocycles. The van der Waals surface area contributed by atoms with Gasteiger partial charge < -0.3 is 18.9 Å². The molecule has 5 nitrogen and oxygen atoms in total. The van der Waals surface area contributed by atoms with Gasteiger partial charge in [0.25, 0.3) is 0 Å². The summed E-state index contributed by atoms with van der Waals surface area (Å²) in [6.45, 7) is 13.2. The van der Waals surface area contributed by atoms with Crippen LogP contribution >= 0.6 is 0 Å². The zero-order valence-corrected chi connectivity index (χ0v) is 18.3. The molecule has 0 N–H and O–H groups in total. The van der Waals surface area contributed by atoms with Crippen LogP contribution in [0.5, 0.6) is 0 Å². The Morgan fingerprint density at radius 3 is 1.78 bits per heavy atom. The van der Waals surface area contributed by atoms with Crippen molar-refractivity contribution >= 4 is 5.97 Å². The van der Waals surface area contributed by atoms with E-state index in [4.69, 9.17) is 18.9 Å². The van der Waals surface area contributed by atoms with E-state index in [9.17, 15) is 4.79 Å². The fraction of sp³-hybridized carbons (Fsp3) is 0.955. The predicted molar refractivity (Wildman–Crippen MR) is 110 cm³/mol. The topological polar surface area (TPSA) is 54.0 Å². The standard InChI is InChI=1S/C22H44O5/c1-20(2)10-7-5-6-8-14-27-22(23)11-9-13-24-16-18-26-19-17-25-15-12-21(3)4/h20-21H,5-19H2,1-4H3. The molecule has 0 spiro atoms. The van der Waals surface area contributed by atoms with Crippen molar-refractivity contribution in [3.8, 4) is 0 Å². The van der Waals surface area contributed by atoms with Crippen LogP contribution in [0.2, 0.25) is 0 Å². The van der Waals surface area contributed by atoms with E-state index in [0.29, 0.717) is 58.4 Å². The third-order valence-corrected chi connectivity index (χ3v) is 4.19. The fourth-order valence-electron chi connectivity index (χ4n) is 2.45. The fourth-order valence-corrected chi connectivity index (χ4v) is 2.45. The normalized spacial score (nSPS) is 11.5. The Morgan fingerprint density at radius 2 is 1.15 bits per heavy atom. The van der Waals surface area contributed by atoms with Crippen LogP contribution in [-0.2, 0) is 23.7 Å². The van der Waals surface area contributed by atoms with Crippen molar-refractivity contribution in [1.29, 1.82) is 0 Å². The Hall–Kier alpha value is -0.650. The largest absolute Gasteiger partial charge is 0.466 e. The first kappa shape index (κ1) is 26.4. The minimum absolute atomic E-state index is 0.115. The van der Waals surface area contributed by atoms with Crippen molar-refractivity contribution in [2.45, 2.75) is 79.1 Å². The Kier molecular flexibility index (Phi) is 19.6. The van der Waals surface area contributed by atoms with Gasteiger partial charge >= 0.3 is 5.97 Å². The Bertz CT molecular complexity index is 318. The molecule has 0 rings (SSSR count). The summed E-state index contributed by atoms with van der Waals surface area (Å²) in [4.78, 5) is 11.6. The Balaban J connectivity index is 3.17. The van der Waals surface area contributed by atoms with Gasteiger partial charge in [-0.25, -0.2) is 0 Å². The highest BCUT2D eigenvalue weighted by atomic mass is 16.5. The lowest BCUT2D eigenvalue weighted by Crippen LogP contribution is -2.11. The number of hydrogen-bond acceptors (Lipinski definition) is 5. The summed E-state index contributed by atoms with van der Waals surface area (Å²) in [6.07, 6.45) is 8.13. The van der Waals surface area contributed by atoms with Crippen molar-refractivity contribution in [2.75, 3.05) is 46.2 Å². The molecule has 0 aromatic carbocycles. The molecule has 0 aliphatic heterocycles. The van der Waals surface area contributed by atoms with Gasteiger partial charge in [0.05, 0.1) is 33.0 Å². The summed E-state index contributed by atoms with van der Waals surface area (Å²) in [6, 6.07) is 0. The van der Waals surface area contributed by atoms with E-state index < -0.39 is 0 Å². The SMILES string of the molecule is CC(C)CCCCCCOC(=O)CCCOCCOCCOCCC(C)C. The number of unbranched alkanes of at least 4 members (excludes halogenated alkanes) is 3. The molecule has 0 saturated carbocycles. The number of ether oxygens (including phenoxy) is 4. The Morgan fingerprint density at radius 1 is 0.593 bits per heavy atom. The number of carbonyl (C=O) groups is 1. The maximum atomic E-state index is 11.6. The summed E-state index contributed by atoms with van der Waals surface area (Å²) in [7, 11) is 0. The van der Waals surface area contributed by atoms with Crippen molar-refractivity contribution in [3.63, 3.8) is 0 Å². The first-order chi connectivity index (χ1) is 13.0. The monoisotopic (exact) mass is 388 g/mol. The second-order valence-corrected chi connectivity index (χ2v) is 7.94. The van der Waals surface area contributed by atoms with Gasteiger partial charge in [0, 0.05) is 19.6 Å². The molecule has 27 heavy (non-hydrogen) atoms. The third kappa shape index (κ3) is 23.3. The van der Waals surface area contributed by atoms with E-state index in [1.807, 2.05) is 0 Å². The first-order valence-electron chi connectivity index (χ1n) is 10.9. The second-order valence-electron chi connectivity index (χ2n) is 7.94. The highest BCUT2D eigenvalue weighted by molar-refractivity contribution is 5.69. The van der Waals surface area contributed by atoms with Gasteiger partial charge in [-0.15, -0.1) is 0 Å². The lowest BCUT2D eigenvalue weighted by molar-refractivity contribution is -0.144. The van der Waals surface area contributed by atoms with E-state index in [-0.39, 0.29) is 5.97 Å². The average Bonchev–Trinajstić information content (AvgIpc) is 2.61. The van der Waals surface area contributed by atoms with Crippen LogP contribution < -0.4 is 0 Å². The zero-order chi connectivity index (χ0) is 20.2. The van der Waals surface area contributed by atoms with Crippen LogP contribution in [0.3, 0.4) is 0 Å². The van der Waals surface area contributed by atoms with Gasteiger partial charge in [0.1, 0.15) is 0 Å². The molecule has 0 amide bonds. The van der Waals surface area contributed by atoms with Gasteiger partial charge in [-0.1, -0.05) is 53.4 Å². The molecule has 0 fully saturated rings. The molecule has 0 saturated heterocycles. The zero-order valence-electron chi connectivity index (χ0n) is 18.3. The molecule has 0 heterocycles. The van der Waals surface area contributed by atoms with Gasteiger partial charge in [-0.05, 0) is 31.1 Å². The van der Waals surface area contributed by atoms with E-state index in [1.165, 1.54) is 19.3 Å². The highest BCUT2D eigenvalue weighted by Gasteiger charge is 2.03. The number of esters is 1. The summed E-state index contributed by atoms with van der Waals surface area (Å²) in [5.74, 6) is 1.34. The molecular weight excluding hydrogens is 344 g/mol. The summed E-state index contributed by atoms with van der Waals surface area (Å²) >= 11 is 0. The molecule has 0 radical (unpaired) electrons. The van der Waals surface area contributed by atoms with Gasteiger partial charge in [-0.2, -0.15) is 0 Å². The van der Waals surface area contributed by atoms with Gasteiger partial charge in [0.15, 0.2) is 0 Å². The van der Waals surface area contributed by atoms with Crippen molar-refractivity contribution in [3.05, 3.63) is 0 Å². The number of hydrogen-bond donors (Lipinski definition) is 0. The molecule has 0 bridgehead atoms. The molecule has 0 aliphatic rings. The summed E-state index contributed by atoms with van der Waals surface area (Å²) in [5.41, 5.74) is 0. The maximum absolute atomic E-state index is 11.6. The molecule has 162 valence electrons. The predicted octanol–water partition coefficient (Wildman–Crippen LogP) is 5.01. The number of carbonyl (C=O) groups excluding carboxylic acids is 1. The lowest BCUT2D eigenvalue weighted by Gasteiger charge is -2.08. The van der Waals surface area contributed by atoms with Crippen molar-refractivity contribution < 1.29 is 23.7 Å². The third-order valence-electron chi connectivity index (χ3n) is 4.19. The maximum Gasteiger partial charge on any atom is 0.305 e. The van der Waals surface area contributed by atoms with Crippen LogP contribution in [-0.4, -0.2) is 52.2 Å². The smallest absolute Gasteiger partial charge is 0.305 e. The van der Waals surface area contributed by atoms with E-state index in [1.54, 1.807) is 0 Å². The lowest BCUT2D eigenvalue weighted by atomic mass is 10.0. The molecule has 5 heteroatoms. The second kappa shape index (κ2) is 20.1. The molecular formula is C22H44O5. The van der Waals surface area contributed by atoms with Gasteiger partial charge in [-0.3, -0.25) is 4.79 Å².